The van der Waals surface area contributed by atoms with Crippen molar-refractivity contribution in [2.45, 2.75) is 26.8 Å². The van der Waals surface area contributed by atoms with E-state index in [1.807, 2.05) is 13.8 Å². The van der Waals surface area contributed by atoms with Crippen molar-refractivity contribution in [1.29, 1.82) is 0 Å². The van der Waals surface area contributed by atoms with E-state index < -0.39 is 17.7 Å². The number of anilines is 1. The molecule has 0 bridgehead atoms. The number of hydrogen-bond acceptors (Lipinski definition) is 8. The second kappa shape index (κ2) is 12.3. The van der Waals surface area contributed by atoms with Crippen LogP contribution >= 0.6 is 23.2 Å². The maximum Gasteiger partial charge on any atom is 0.258 e. The Kier molecular flexibility index (Phi) is 9.74. The minimum absolute atomic E-state index is 0.172. The van der Waals surface area contributed by atoms with Gasteiger partial charge in [0.15, 0.2) is 23.0 Å². The molecule has 2 aromatic carbocycles. The molecule has 2 aromatic rings. The molecule has 33 heavy (non-hydrogen) atoms. The third-order valence-corrected chi connectivity index (χ3v) is 4.89. The molecule has 0 saturated heterocycles. The molecule has 1 N–H and O–H groups in total. The Morgan fingerprint density at radius 3 is 2.27 bits per heavy atom. The van der Waals surface area contributed by atoms with Crippen molar-refractivity contribution in [2.75, 3.05) is 32.8 Å². The SMILES string of the molecule is CCOc1cc(N=NC(C(C)=O)C(=O)Nc2ccc(OC)c(Cl)c2OC)cc(Cl)c1OCC. The van der Waals surface area contributed by atoms with Crippen molar-refractivity contribution in [3.05, 3.63) is 34.3 Å². The summed E-state index contributed by atoms with van der Waals surface area (Å²) in [5.41, 5.74) is 0.536. The van der Waals surface area contributed by atoms with Crippen LogP contribution in [0.5, 0.6) is 23.0 Å². The molecule has 0 radical (unpaired) electrons. The van der Waals surface area contributed by atoms with Gasteiger partial charge in [0.25, 0.3) is 5.91 Å². The molecular weight excluding hydrogens is 473 g/mol. The fourth-order valence-corrected chi connectivity index (χ4v) is 3.38. The highest BCUT2D eigenvalue weighted by molar-refractivity contribution is 6.34. The van der Waals surface area contributed by atoms with E-state index in [0.29, 0.717) is 30.5 Å². The van der Waals surface area contributed by atoms with Gasteiger partial charge in [-0.05, 0) is 39.0 Å². The van der Waals surface area contributed by atoms with Gasteiger partial charge in [-0.3, -0.25) is 9.59 Å². The number of ether oxygens (including phenoxy) is 4. The maximum atomic E-state index is 12.8. The molecule has 11 heteroatoms. The summed E-state index contributed by atoms with van der Waals surface area (Å²) in [6, 6.07) is 4.74. The number of carbonyl (C=O) groups is 2. The monoisotopic (exact) mass is 497 g/mol. The van der Waals surface area contributed by atoms with E-state index in [-0.39, 0.29) is 27.2 Å². The Morgan fingerprint density at radius 1 is 1.00 bits per heavy atom. The van der Waals surface area contributed by atoms with Crippen molar-refractivity contribution in [3.63, 3.8) is 0 Å². The predicted octanol–water partition coefficient (Wildman–Crippen LogP) is 5.49. The molecule has 1 unspecified atom stereocenters. The third-order valence-electron chi connectivity index (χ3n) is 4.25. The molecule has 1 amide bonds. The third kappa shape index (κ3) is 6.49. The summed E-state index contributed by atoms with van der Waals surface area (Å²) < 4.78 is 21.5. The zero-order valence-electron chi connectivity index (χ0n) is 18.9. The fraction of sp³-hybridized carbons (Fsp3) is 0.364. The molecule has 0 aliphatic rings. The van der Waals surface area contributed by atoms with Crippen molar-refractivity contribution >= 4 is 46.3 Å². The smallest absolute Gasteiger partial charge is 0.258 e. The summed E-state index contributed by atoms with van der Waals surface area (Å²) in [6.07, 6.45) is 0. The zero-order chi connectivity index (χ0) is 24.5. The van der Waals surface area contributed by atoms with Crippen molar-refractivity contribution in [2.24, 2.45) is 10.2 Å². The number of nitrogens with one attached hydrogen (secondary N) is 1. The van der Waals surface area contributed by atoms with Gasteiger partial charge in [0.2, 0.25) is 6.04 Å². The minimum atomic E-state index is -1.42. The van der Waals surface area contributed by atoms with Gasteiger partial charge in [0.05, 0.1) is 43.8 Å². The van der Waals surface area contributed by atoms with Crippen LogP contribution in [0.3, 0.4) is 0 Å². The summed E-state index contributed by atoms with van der Waals surface area (Å²) in [5, 5.41) is 11.0. The van der Waals surface area contributed by atoms with Crippen molar-refractivity contribution in [3.8, 4) is 23.0 Å². The van der Waals surface area contributed by atoms with Crippen LogP contribution in [0.1, 0.15) is 20.8 Å². The Balaban J connectivity index is 2.32. The first-order chi connectivity index (χ1) is 15.8. The lowest BCUT2D eigenvalue weighted by molar-refractivity contribution is -0.126. The molecular formula is C22H25Cl2N3O6. The number of halogens is 2. The molecule has 0 saturated carbocycles. The van der Waals surface area contributed by atoms with E-state index in [9.17, 15) is 9.59 Å². The maximum absolute atomic E-state index is 12.8. The number of amides is 1. The van der Waals surface area contributed by atoms with E-state index in [1.54, 1.807) is 12.1 Å². The quantitative estimate of drug-likeness (QED) is 0.324. The Labute approximate surface area is 202 Å². The van der Waals surface area contributed by atoms with Crippen molar-refractivity contribution in [1.82, 2.24) is 0 Å². The molecule has 0 heterocycles. The number of nitrogens with zero attached hydrogens (tertiary/aromatic N) is 2. The van der Waals surface area contributed by atoms with Crippen LogP contribution in [0.4, 0.5) is 11.4 Å². The van der Waals surface area contributed by atoms with Crippen LogP contribution < -0.4 is 24.3 Å². The van der Waals surface area contributed by atoms with Crippen LogP contribution in [0, 0.1) is 0 Å². The van der Waals surface area contributed by atoms with E-state index in [2.05, 4.69) is 15.5 Å². The van der Waals surface area contributed by atoms with Gasteiger partial charge in [0, 0.05) is 6.07 Å². The van der Waals surface area contributed by atoms with Crippen molar-refractivity contribution < 1.29 is 28.5 Å². The normalized spacial score (nSPS) is 11.7. The summed E-state index contributed by atoms with van der Waals surface area (Å²) in [7, 11) is 2.85. The first-order valence-corrected chi connectivity index (χ1v) is 10.7. The van der Waals surface area contributed by atoms with E-state index in [4.69, 9.17) is 42.1 Å². The topological polar surface area (TPSA) is 108 Å². The van der Waals surface area contributed by atoms with E-state index >= 15 is 0 Å². The van der Waals surface area contributed by atoms with Gasteiger partial charge < -0.3 is 24.3 Å². The Hall–Kier alpha value is -3.04. The predicted molar refractivity (Wildman–Crippen MR) is 126 cm³/mol. The second-order valence-corrected chi connectivity index (χ2v) is 7.29. The summed E-state index contributed by atoms with van der Waals surface area (Å²) >= 11 is 12.5. The van der Waals surface area contributed by atoms with Gasteiger partial charge in [-0.2, -0.15) is 10.2 Å². The zero-order valence-corrected chi connectivity index (χ0v) is 20.4. The Bertz CT molecular complexity index is 1050. The largest absolute Gasteiger partial charge is 0.495 e. The molecule has 2 rings (SSSR count). The molecule has 9 nitrogen and oxygen atoms in total. The number of methoxy groups -OCH3 is 2. The lowest BCUT2D eigenvalue weighted by atomic mass is 10.2. The average Bonchev–Trinajstić information content (AvgIpc) is 2.76. The molecule has 0 aromatic heterocycles. The number of hydrogen-bond donors (Lipinski definition) is 1. The first-order valence-electron chi connectivity index (χ1n) is 9.99. The number of ketones is 1. The van der Waals surface area contributed by atoms with E-state index in [1.165, 1.54) is 33.3 Å². The standard InChI is InChI=1S/C22H25Cl2N3O6/c1-6-32-17-11-13(10-14(23)20(17)33-7-2)26-27-19(12(3)28)22(29)25-15-8-9-16(30-4)18(24)21(15)31-5/h8-11,19H,6-7H2,1-5H3,(H,25,29). The number of azo groups is 1. The fourth-order valence-electron chi connectivity index (χ4n) is 2.80. The Morgan fingerprint density at radius 2 is 1.70 bits per heavy atom. The highest BCUT2D eigenvalue weighted by atomic mass is 35.5. The van der Waals surface area contributed by atoms with Gasteiger partial charge >= 0.3 is 0 Å². The summed E-state index contributed by atoms with van der Waals surface area (Å²) in [4.78, 5) is 24.9. The van der Waals surface area contributed by atoms with E-state index in [0.717, 1.165) is 0 Å². The summed E-state index contributed by atoms with van der Waals surface area (Å²) in [6.45, 7) is 5.64. The van der Waals surface area contributed by atoms with Gasteiger partial charge in [-0.25, -0.2) is 0 Å². The minimum Gasteiger partial charge on any atom is -0.495 e. The van der Waals surface area contributed by atoms with Crippen LogP contribution in [-0.2, 0) is 9.59 Å². The number of Topliss-reactive ketones (excluding diaryl/α,β-unsaturated/α-hetero) is 1. The molecule has 0 fully saturated rings. The lowest BCUT2D eigenvalue weighted by Crippen LogP contribution is -2.32. The number of benzene rings is 2. The number of rotatable bonds is 11. The van der Waals surface area contributed by atoms with Gasteiger partial charge in [0.1, 0.15) is 10.8 Å². The molecule has 0 spiro atoms. The average molecular weight is 498 g/mol. The van der Waals surface area contributed by atoms with Crippen LogP contribution in [0.15, 0.2) is 34.5 Å². The summed E-state index contributed by atoms with van der Waals surface area (Å²) in [5.74, 6) is 0.0753. The van der Waals surface area contributed by atoms with Crippen LogP contribution in [0.25, 0.3) is 0 Å². The van der Waals surface area contributed by atoms with Crippen LogP contribution in [-0.4, -0.2) is 45.2 Å². The molecule has 0 aliphatic carbocycles. The lowest BCUT2D eigenvalue weighted by Gasteiger charge is -2.15. The molecule has 0 aliphatic heterocycles. The van der Waals surface area contributed by atoms with Gasteiger partial charge in [-0.1, -0.05) is 23.2 Å². The first kappa shape index (κ1) is 26.2. The van der Waals surface area contributed by atoms with Gasteiger partial charge in [-0.15, -0.1) is 0 Å². The highest BCUT2D eigenvalue weighted by Gasteiger charge is 2.25. The van der Waals surface area contributed by atoms with Crippen LogP contribution in [0.2, 0.25) is 10.0 Å². The number of carbonyl (C=O) groups excluding carboxylic acids is 2. The molecule has 1 atom stereocenters. The highest BCUT2D eigenvalue weighted by Crippen LogP contribution is 2.41. The molecule has 178 valence electrons. The second-order valence-electron chi connectivity index (χ2n) is 6.50.